The van der Waals surface area contributed by atoms with Crippen LogP contribution in [-0.4, -0.2) is 33.4 Å². The van der Waals surface area contributed by atoms with E-state index in [1.54, 1.807) is 28.9 Å². The fourth-order valence-electron chi connectivity index (χ4n) is 4.59. The summed E-state index contributed by atoms with van der Waals surface area (Å²) in [5, 5.41) is 11.5. The summed E-state index contributed by atoms with van der Waals surface area (Å²) in [6, 6.07) is 21.0. The molecule has 3 aromatic carbocycles. The summed E-state index contributed by atoms with van der Waals surface area (Å²) in [5.74, 6) is 1.62. The number of amides is 1. The van der Waals surface area contributed by atoms with Crippen LogP contribution in [0.1, 0.15) is 44.9 Å². The van der Waals surface area contributed by atoms with Crippen LogP contribution >= 0.6 is 11.8 Å². The Morgan fingerprint density at radius 1 is 1.10 bits per heavy atom. The number of para-hydroxylation sites is 2. The van der Waals surface area contributed by atoms with E-state index in [4.69, 9.17) is 14.6 Å². The molecule has 0 saturated heterocycles. The molecule has 2 N–H and O–H groups in total. The lowest BCUT2D eigenvalue weighted by Crippen LogP contribution is -2.31. The maximum Gasteiger partial charge on any atom is 0.255 e. The number of carbonyl (C=O) groups is 1. The molecule has 2 heterocycles. The largest absolute Gasteiger partial charge is 0.492 e. The number of hydrogen-bond acceptors (Lipinski definition) is 7. The van der Waals surface area contributed by atoms with Gasteiger partial charge in [0, 0.05) is 11.4 Å². The lowest BCUT2D eigenvalue weighted by Gasteiger charge is -2.29. The summed E-state index contributed by atoms with van der Waals surface area (Å²) in [6.07, 6.45) is 0.0320. The third kappa shape index (κ3) is 6.38. The van der Waals surface area contributed by atoms with E-state index in [1.807, 2.05) is 70.2 Å². The van der Waals surface area contributed by atoms with Gasteiger partial charge in [-0.15, -0.1) is 5.10 Å². The fraction of sp³-hybridized carbons (Fsp3) is 0.258. The number of thioether (sulfide) groups is 1. The highest BCUT2D eigenvalue weighted by Gasteiger charge is 2.34. The van der Waals surface area contributed by atoms with Crippen molar-refractivity contribution in [3.63, 3.8) is 0 Å². The SMILES string of the molecule is CCOc1ccccc1NC(=O)C1=C(C)Nc2nc(SCc3ccccc3F)nn2C1c1ccc(OC(C)C)cc1. The van der Waals surface area contributed by atoms with E-state index in [-0.39, 0.29) is 17.8 Å². The number of carbonyl (C=O) groups excluding carboxylic acids is 1. The minimum atomic E-state index is -0.575. The molecule has 10 heteroatoms. The van der Waals surface area contributed by atoms with Gasteiger partial charge in [-0.1, -0.05) is 54.2 Å². The molecule has 1 amide bonds. The fourth-order valence-corrected chi connectivity index (χ4v) is 5.41. The number of aromatic nitrogens is 3. The average Bonchev–Trinajstić information content (AvgIpc) is 3.35. The van der Waals surface area contributed by atoms with Crippen molar-refractivity contribution < 1.29 is 18.7 Å². The minimum Gasteiger partial charge on any atom is -0.492 e. The predicted molar refractivity (Wildman–Crippen MR) is 159 cm³/mol. The van der Waals surface area contributed by atoms with Crippen LogP contribution < -0.4 is 20.1 Å². The van der Waals surface area contributed by atoms with Crippen molar-refractivity contribution >= 4 is 29.3 Å². The number of nitrogens with one attached hydrogen (secondary N) is 2. The molecule has 1 aliphatic heterocycles. The number of hydrogen-bond donors (Lipinski definition) is 2. The molecule has 4 aromatic rings. The Morgan fingerprint density at radius 2 is 1.83 bits per heavy atom. The van der Waals surface area contributed by atoms with Gasteiger partial charge in [0.1, 0.15) is 23.4 Å². The van der Waals surface area contributed by atoms with Gasteiger partial charge in [-0.25, -0.2) is 9.07 Å². The number of anilines is 2. The van der Waals surface area contributed by atoms with Gasteiger partial charge in [0.15, 0.2) is 0 Å². The van der Waals surface area contributed by atoms with Gasteiger partial charge in [-0.2, -0.15) is 4.98 Å². The van der Waals surface area contributed by atoms with Crippen molar-refractivity contribution in [2.24, 2.45) is 0 Å². The molecule has 0 spiro atoms. The van der Waals surface area contributed by atoms with Crippen LogP contribution in [0.5, 0.6) is 11.5 Å². The highest BCUT2D eigenvalue weighted by atomic mass is 32.2. The smallest absolute Gasteiger partial charge is 0.255 e. The molecule has 1 unspecified atom stereocenters. The van der Waals surface area contributed by atoms with Crippen molar-refractivity contribution in [3.8, 4) is 11.5 Å². The lowest BCUT2D eigenvalue weighted by molar-refractivity contribution is -0.113. The maximum absolute atomic E-state index is 14.2. The van der Waals surface area contributed by atoms with Gasteiger partial charge >= 0.3 is 0 Å². The topological polar surface area (TPSA) is 90.3 Å². The van der Waals surface area contributed by atoms with Crippen molar-refractivity contribution in [1.82, 2.24) is 14.8 Å². The summed E-state index contributed by atoms with van der Waals surface area (Å²) in [5.41, 5.74) is 3.11. The molecule has 1 aromatic heterocycles. The van der Waals surface area contributed by atoms with Gasteiger partial charge in [-0.3, -0.25) is 4.79 Å². The lowest BCUT2D eigenvalue weighted by atomic mass is 9.95. The number of rotatable bonds is 10. The predicted octanol–water partition coefficient (Wildman–Crippen LogP) is 6.82. The summed E-state index contributed by atoms with van der Waals surface area (Å²) in [4.78, 5) is 18.6. The first-order valence-electron chi connectivity index (χ1n) is 13.4. The van der Waals surface area contributed by atoms with Crippen LogP contribution in [0.2, 0.25) is 0 Å². The highest BCUT2D eigenvalue weighted by Crippen LogP contribution is 2.38. The summed E-state index contributed by atoms with van der Waals surface area (Å²) >= 11 is 1.33. The Hall–Kier alpha value is -4.31. The number of allylic oxidation sites excluding steroid dienone is 1. The number of fused-ring (bicyclic) bond motifs is 1. The van der Waals surface area contributed by atoms with Gasteiger partial charge in [0.05, 0.1) is 24.0 Å². The van der Waals surface area contributed by atoms with Gasteiger partial charge in [-0.05, 0) is 69.2 Å². The molecule has 0 bridgehead atoms. The first-order valence-corrected chi connectivity index (χ1v) is 14.4. The van der Waals surface area contributed by atoms with Gasteiger partial charge in [0.25, 0.3) is 5.91 Å². The Kier molecular flexibility index (Phi) is 8.58. The van der Waals surface area contributed by atoms with E-state index in [0.717, 1.165) is 11.3 Å². The first-order chi connectivity index (χ1) is 19.8. The molecule has 1 atom stereocenters. The van der Waals surface area contributed by atoms with Crippen molar-refractivity contribution in [1.29, 1.82) is 0 Å². The van der Waals surface area contributed by atoms with E-state index >= 15 is 0 Å². The maximum atomic E-state index is 14.2. The Labute approximate surface area is 243 Å². The van der Waals surface area contributed by atoms with E-state index in [9.17, 15) is 9.18 Å². The highest BCUT2D eigenvalue weighted by molar-refractivity contribution is 7.98. The number of benzene rings is 3. The average molecular weight is 574 g/mol. The zero-order chi connectivity index (χ0) is 28.9. The molecule has 212 valence electrons. The summed E-state index contributed by atoms with van der Waals surface area (Å²) in [7, 11) is 0. The molecule has 8 nitrogen and oxygen atoms in total. The van der Waals surface area contributed by atoms with Crippen LogP contribution in [0, 0.1) is 5.82 Å². The zero-order valence-electron chi connectivity index (χ0n) is 23.3. The van der Waals surface area contributed by atoms with Crippen LogP contribution in [0.3, 0.4) is 0 Å². The summed E-state index contributed by atoms with van der Waals surface area (Å²) in [6.45, 7) is 8.15. The van der Waals surface area contributed by atoms with Gasteiger partial charge in [0.2, 0.25) is 11.1 Å². The molecule has 41 heavy (non-hydrogen) atoms. The van der Waals surface area contributed by atoms with E-state index < -0.39 is 6.04 Å². The molecule has 0 aliphatic carbocycles. The van der Waals surface area contributed by atoms with E-state index in [1.165, 1.54) is 17.8 Å². The van der Waals surface area contributed by atoms with Crippen molar-refractivity contribution in [3.05, 3.63) is 101 Å². The number of halogens is 1. The Bertz CT molecular complexity index is 1570. The van der Waals surface area contributed by atoms with Crippen LogP contribution in [0.15, 0.2) is 89.2 Å². The van der Waals surface area contributed by atoms with Crippen LogP contribution in [0.25, 0.3) is 0 Å². The summed E-state index contributed by atoms with van der Waals surface area (Å²) < 4.78 is 27.5. The Balaban J connectivity index is 1.50. The standard InChI is InChI=1S/C31H32FN5O3S/c1-5-39-26-13-9-8-12-25(26)34-29(38)27-20(4)33-30-35-31(41-18-22-10-6-7-11-24(22)32)36-37(30)28(27)21-14-16-23(17-15-21)40-19(2)3/h6-17,19,28H,5,18H2,1-4H3,(H,34,38)(H,33,35,36). The number of ether oxygens (including phenoxy) is 2. The van der Waals surface area contributed by atoms with E-state index in [0.29, 0.717) is 51.7 Å². The third-order valence-electron chi connectivity index (χ3n) is 6.40. The molecular weight excluding hydrogens is 541 g/mol. The first kappa shape index (κ1) is 28.2. The van der Waals surface area contributed by atoms with Crippen molar-refractivity contribution in [2.75, 3.05) is 17.2 Å². The van der Waals surface area contributed by atoms with E-state index in [2.05, 4.69) is 15.6 Å². The molecule has 5 rings (SSSR count). The molecule has 0 saturated carbocycles. The van der Waals surface area contributed by atoms with Gasteiger partial charge < -0.3 is 20.1 Å². The second kappa shape index (κ2) is 12.5. The third-order valence-corrected chi connectivity index (χ3v) is 7.28. The second-order valence-corrected chi connectivity index (χ2v) is 10.7. The number of nitrogens with zero attached hydrogens (tertiary/aromatic N) is 3. The normalized spacial score (nSPS) is 14.4. The monoisotopic (exact) mass is 573 g/mol. The molecule has 0 radical (unpaired) electrons. The van der Waals surface area contributed by atoms with Crippen LogP contribution in [-0.2, 0) is 10.5 Å². The van der Waals surface area contributed by atoms with Crippen molar-refractivity contribution in [2.45, 2.75) is 50.8 Å². The quantitative estimate of drug-likeness (QED) is 0.201. The Morgan fingerprint density at radius 3 is 2.56 bits per heavy atom. The molecule has 0 fully saturated rings. The van der Waals surface area contributed by atoms with Crippen LogP contribution in [0.4, 0.5) is 16.0 Å². The minimum absolute atomic E-state index is 0.0320. The molecule has 1 aliphatic rings. The zero-order valence-corrected chi connectivity index (χ0v) is 24.2. The molecular formula is C31H32FN5O3S. The second-order valence-electron chi connectivity index (χ2n) is 9.73.